The summed E-state index contributed by atoms with van der Waals surface area (Å²) in [4.78, 5) is 15.8. The van der Waals surface area contributed by atoms with E-state index in [1.807, 2.05) is 12.1 Å². The summed E-state index contributed by atoms with van der Waals surface area (Å²) in [5.41, 5.74) is 1.97. The van der Waals surface area contributed by atoms with Gasteiger partial charge < -0.3 is 5.32 Å². The average Bonchev–Trinajstić information content (AvgIpc) is 2.42. The van der Waals surface area contributed by atoms with Crippen molar-refractivity contribution in [1.29, 1.82) is 0 Å². The van der Waals surface area contributed by atoms with E-state index in [4.69, 9.17) is 0 Å². The SMILES string of the molecule is CC1CC=C(CCNC(=O)c2ccccn2)CC1. The maximum Gasteiger partial charge on any atom is 0.269 e. The van der Waals surface area contributed by atoms with Gasteiger partial charge in [-0.1, -0.05) is 24.6 Å². The average molecular weight is 244 g/mol. The molecule has 1 unspecified atom stereocenters. The van der Waals surface area contributed by atoms with E-state index < -0.39 is 0 Å². The minimum absolute atomic E-state index is 0.0830. The summed E-state index contributed by atoms with van der Waals surface area (Å²) in [6, 6.07) is 5.37. The molecule has 0 aliphatic heterocycles. The zero-order valence-corrected chi connectivity index (χ0v) is 10.9. The number of rotatable bonds is 4. The standard InChI is InChI=1S/C15H20N2O/c1-12-5-7-13(8-6-12)9-11-17-15(18)14-4-2-3-10-16-14/h2-4,7,10,12H,5-6,8-9,11H2,1H3,(H,17,18). The van der Waals surface area contributed by atoms with E-state index >= 15 is 0 Å². The number of amides is 1. The van der Waals surface area contributed by atoms with E-state index in [-0.39, 0.29) is 5.91 Å². The molecule has 1 aliphatic carbocycles. The molecule has 18 heavy (non-hydrogen) atoms. The quantitative estimate of drug-likeness (QED) is 0.827. The van der Waals surface area contributed by atoms with Crippen molar-refractivity contribution in [3.05, 3.63) is 41.7 Å². The first-order valence-electron chi connectivity index (χ1n) is 6.63. The Labute approximate surface area is 108 Å². The highest BCUT2D eigenvalue weighted by Gasteiger charge is 2.10. The third-order valence-electron chi connectivity index (χ3n) is 3.40. The lowest BCUT2D eigenvalue weighted by Crippen LogP contribution is -2.25. The Kier molecular flexibility index (Phi) is 4.51. The summed E-state index contributed by atoms with van der Waals surface area (Å²) in [6.45, 7) is 2.99. The lowest BCUT2D eigenvalue weighted by atomic mass is 9.90. The predicted octanol–water partition coefficient (Wildman–Crippen LogP) is 2.95. The van der Waals surface area contributed by atoms with Gasteiger partial charge in [0.25, 0.3) is 5.91 Å². The zero-order chi connectivity index (χ0) is 12.8. The van der Waals surface area contributed by atoms with Crippen molar-refractivity contribution in [2.45, 2.75) is 32.6 Å². The summed E-state index contributed by atoms with van der Waals surface area (Å²) in [6.07, 6.45) is 8.58. The van der Waals surface area contributed by atoms with Crippen LogP contribution in [0.3, 0.4) is 0 Å². The molecule has 2 rings (SSSR count). The number of carbonyl (C=O) groups is 1. The normalized spacial score (nSPS) is 19.2. The monoisotopic (exact) mass is 244 g/mol. The molecule has 1 aliphatic rings. The number of allylic oxidation sites excluding steroid dienone is 1. The van der Waals surface area contributed by atoms with E-state index in [0.717, 1.165) is 12.3 Å². The number of carbonyl (C=O) groups excluding carboxylic acids is 1. The maximum atomic E-state index is 11.7. The molecular weight excluding hydrogens is 224 g/mol. The molecule has 1 heterocycles. The van der Waals surface area contributed by atoms with Crippen molar-refractivity contribution in [2.75, 3.05) is 6.54 Å². The molecule has 0 radical (unpaired) electrons. The third kappa shape index (κ3) is 3.69. The first-order valence-corrected chi connectivity index (χ1v) is 6.63. The molecule has 1 N–H and O–H groups in total. The van der Waals surface area contributed by atoms with Crippen molar-refractivity contribution in [3.8, 4) is 0 Å². The molecule has 1 amide bonds. The molecule has 1 aromatic heterocycles. The number of pyridine rings is 1. The van der Waals surface area contributed by atoms with Crippen molar-refractivity contribution >= 4 is 5.91 Å². The second-order valence-corrected chi connectivity index (χ2v) is 4.96. The molecule has 3 nitrogen and oxygen atoms in total. The molecule has 3 heteroatoms. The number of hydrogen-bond donors (Lipinski definition) is 1. The Morgan fingerprint density at radius 2 is 2.39 bits per heavy atom. The van der Waals surface area contributed by atoms with Crippen LogP contribution in [0.5, 0.6) is 0 Å². The van der Waals surface area contributed by atoms with E-state index in [1.165, 1.54) is 24.8 Å². The fourth-order valence-corrected chi connectivity index (χ4v) is 2.17. The number of hydrogen-bond acceptors (Lipinski definition) is 2. The summed E-state index contributed by atoms with van der Waals surface area (Å²) in [5.74, 6) is 0.734. The molecule has 0 saturated carbocycles. The number of nitrogens with zero attached hydrogens (tertiary/aromatic N) is 1. The topological polar surface area (TPSA) is 42.0 Å². The minimum atomic E-state index is -0.0830. The summed E-state index contributed by atoms with van der Waals surface area (Å²) < 4.78 is 0. The van der Waals surface area contributed by atoms with E-state index in [0.29, 0.717) is 12.2 Å². The van der Waals surface area contributed by atoms with Crippen LogP contribution in [0.2, 0.25) is 0 Å². The molecule has 0 spiro atoms. The highest BCUT2D eigenvalue weighted by atomic mass is 16.1. The van der Waals surface area contributed by atoms with Gasteiger partial charge >= 0.3 is 0 Å². The zero-order valence-electron chi connectivity index (χ0n) is 10.9. The molecule has 0 aromatic carbocycles. The highest BCUT2D eigenvalue weighted by molar-refractivity contribution is 5.92. The molecule has 1 atom stereocenters. The van der Waals surface area contributed by atoms with Crippen molar-refractivity contribution < 1.29 is 4.79 Å². The van der Waals surface area contributed by atoms with Crippen LogP contribution in [-0.4, -0.2) is 17.4 Å². The van der Waals surface area contributed by atoms with Gasteiger partial charge in [0.15, 0.2) is 0 Å². The van der Waals surface area contributed by atoms with Crippen molar-refractivity contribution in [3.63, 3.8) is 0 Å². The maximum absolute atomic E-state index is 11.7. The molecule has 1 aromatic rings. The number of nitrogens with one attached hydrogen (secondary N) is 1. The second-order valence-electron chi connectivity index (χ2n) is 4.96. The smallest absolute Gasteiger partial charge is 0.269 e. The van der Waals surface area contributed by atoms with Crippen LogP contribution >= 0.6 is 0 Å². The summed E-state index contributed by atoms with van der Waals surface area (Å²) in [7, 11) is 0. The highest BCUT2D eigenvalue weighted by Crippen LogP contribution is 2.24. The van der Waals surface area contributed by atoms with Gasteiger partial charge in [-0.2, -0.15) is 0 Å². The third-order valence-corrected chi connectivity index (χ3v) is 3.40. The van der Waals surface area contributed by atoms with Crippen LogP contribution in [0.25, 0.3) is 0 Å². The van der Waals surface area contributed by atoms with Gasteiger partial charge in [-0.3, -0.25) is 9.78 Å². The Balaban J connectivity index is 1.74. The first-order chi connectivity index (χ1) is 8.75. The Hall–Kier alpha value is -1.64. The van der Waals surface area contributed by atoms with Crippen molar-refractivity contribution in [2.24, 2.45) is 5.92 Å². The Morgan fingerprint density at radius 3 is 3.06 bits per heavy atom. The largest absolute Gasteiger partial charge is 0.350 e. The van der Waals surface area contributed by atoms with Gasteiger partial charge in [-0.25, -0.2) is 0 Å². The fraction of sp³-hybridized carbons (Fsp3) is 0.467. The van der Waals surface area contributed by atoms with Crippen LogP contribution in [0.4, 0.5) is 0 Å². The van der Waals surface area contributed by atoms with Gasteiger partial charge in [-0.15, -0.1) is 0 Å². The van der Waals surface area contributed by atoms with Gasteiger partial charge in [-0.05, 0) is 43.7 Å². The number of aromatic nitrogens is 1. The van der Waals surface area contributed by atoms with Crippen LogP contribution < -0.4 is 5.32 Å². The van der Waals surface area contributed by atoms with Gasteiger partial charge in [0.1, 0.15) is 5.69 Å². The van der Waals surface area contributed by atoms with Gasteiger partial charge in [0.2, 0.25) is 0 Å². The van der Waals surface area contributed by atoms with Gasteiger partial charge in [0.05, 0.1) is 0 Å². The minimum Gasteiger partial charge on any atom is -0.350 e. The second kappa shape index (κ2) is 6.34. The van der Waals surface area contributed by atoms with Crippen LogP contribution in [-0.2, 0) is 0 Å². The molecule has 96 valence electrons. The van der Waals surface area contributed by atoms with Crippen LogP contribution in [0, 0.1) is 5.92 Å². The summed E-state index contributed by atoms with van der Waals surface area (Å²) in [5, 5.41) is 2.92. The Morgan fingerprint density at radius 1 is 1.50 bits per heavy atom. The van der Waals surface area contributed by atoms with E-state index in [2.05, 4.69) is 23.3 Å². The van der Waals surface area contributed by atoms with Crippen LogP contribution in [0.15, 0.2) is 36.0 Å². The first kappa shape index (κ1) is 12.8. The van der Waals surface area contributed by atoms with E-state index in [9.17, 15) is 4.79 Å². The predicted molar refractivity (Wildman–Crippen MR) is 72.3 cm³/mol. The Bertz CT molecular complexity index is 425. The molecule has 0 fully saturated rings. The lowest BCUT2D eigenvalue weighted by Gasteiger charge is -2.18. The van der Waals surface area contributed by atoms with Crippen molar-refractivity contribution in [1.82, 2.24) is 10.3 Å². The molecule has 0 saturated heterocycles. The molecular formula is C15H20N2O. The van der Waals surface area contributed by atoms with Crippen LogP contribution in [0.1, 0.15) is 43.1 Å². The van der Waals surface area contributed by atoms with Gasteiger partial charge in [0, 0.05) is 12.7 Å². The lowest BCUT2D eigenvalue weighted by molar-refractivity contribution is 0.0949. The fourth-order valence-electron chi connectivity index (χ4n) is 2.17. The van der Waals surface area contributed by atoms with E-state index in [1.54, 1.807) is 12.3 Å². The molecule has 0 bridgehead atoms. The summed E-state index contributed by atoms with van der Waals surface area (Å²) >= 11 is 0.